The molecule has 0 bridgehead atoms. The maximum atomic E-state index is 11.8. The lowest BCUT2D eigenvalue weighted by atomic mass is 10.1. The van der Waals surface area contributed by atoms with Gasteiger partial charge in [-0.25, -0.2) is 4.98 Å². The fraction of sp³-hybridized carbons (Fsp3) is 0.263. The first-order valence-electron chi connectivity index (χ1n) is 7.86. The van der Waals surface area contributed by atoms with Gasteiger partial charge in [0, 0.05) is 22.3 Å². The number of aromatic nitrogens is 2. The Hall–Kier alpha value is -2.40. The third-order valence-electron chi connectivity index (χ3n) is 4.02. The van der Waals surface area contributed by atoms with Crippen molar-refractivity contribution in [3.05, 3.63) is 51.5 Å². The van der Waals surface area contributed by atoms with Crippen molar-refractivity contribution in [1.82, 2.24) is 9.97 Å². The van der Waals surface area contributed by atoms with Crippen LogP contribution in [0.1, 0.15) is 39.7 Å². The molecule has 0 saturated carbocycles. The summed E-state index contributed by atoms with van der Waals surface area (Å²) in [4.78, 5) is 19.8. The lowest BCUT2D eigenvalue weighted by Crippen LogP contribution is -1.95. The molecule has 0 radical (unpaired) electrons. The molecule has 3 rings (SSSR count). The number of nitrogens with one attached hydrogen (secondary N) is 2. The zero-order valence-electron chi connectivity index (χ0n) is 14.6. The number of Topliss-reactive ketones (excluding diaryl/α,β-unsaturated/α-hetero) is 1. The fourth-order valence-corrected chi connectivity index (χ4v) is 3.87. The van der Waals surface area contributed by atoms with Crippen LogP contribution in [0.4, 0.5) is 10.8 Å². The van der Waals surface area contributed by atoms with E-state index in [1.165, 1.54) is 11.1 Å². The molecule has 0 saturated heterocycles. The highest BCUT2D eigenvalue weighted by molar-refractivity contribution is 7.14. The minimum absolute atomic E-state index is 0.0799. The molecule has 24 heavy (non-hydrogen) atoms. The molecule has 0 aliphatic heterocycles. The van der Waals surface area contributed by atoms with Gasteiger partial charge < -0.3 is 10.3 Å². The number of carbonyl (C=O) groups is 1. The molecule has 1 aromatic carbocycles. The molecule has 2 heterocycles. The number of rotatable bonds is 4. The Labute approximate surface area is 146 Å². The van der Waals surface area contributed by atoms with Gasteiger partial charge in [-0.3, -0.25) is 4.79 Å². The monoisotopic (exact) mass is 339 g/mol. The number of nitrogens with zero attached hydrogens (tertiary/aromatic N) is 1. The third kappa shape index (κ3) is 3.12. The summed E-state index contributed by atoms with van der Waals surface area (Å²) < 4.78 is 0. The SMILES string of the molecule is CC(=O)c1c(C)[nH]c(-c2csc(Nc3cc(C)cc(C)c3)n2)c1C. The number of carbonyl (C=O) groups excluding carboxylic acids is 1. The summed E-state index contributed by atoms with van der Waals surface area (Å²) in [5, 5.41) is 6.21. The van der Waals surface area contributed by atoms with Gasteiger partial charge in [-0.05, 0) is 63.4 Å². The number of ketones is 1. The third-order valence-corrected chi connectivity index (χ3v) is 4.78. The molecule has 2 aromatic heterocycles. The minimum atomic E-state index is 0.0799. The molecule has 0 spiro atoms. The van der Waals surface area contributed by atoms with Gasteiger partial charge in [-0.1, -0.05) is 6.07 Å². The summed E-state index contributed by atoms with van der Waals surface area (Å²) in [5.41, 5.74) is 7.88. The zero-order chi connectivity index (χ0) is 17.4. The van der Waals surface area contributed by atoms with Crippen molar-refractivity contribution >= 4 is 27.9 Å². The molecule has 0 atom stereocenters. The molecule has 0 amide bonds. The molecule has 2 N–H and O–H groups in total. The van der Waals surface area contributed by atoms with E-state index in [9.17, 15) is 4.79 Å². The Balaban J connectivity index is 1.91. The van der Waals surface area contributed by atoms with Crippen LogP contribution in [0.5, 0.6) is 0 Å². The lowest BCUT2D eigenvalue weighted by molar-refractivity contribution is 0.101. The van der Waals surface area contributed by atoms with Crippen molar-refractivity contribution < 1.29 is 4.79 Å². The van der Waals surface area contributed by atoms with E-state index in [2.05, 4.69) is 47.3 Å². The smallest absolute Gasteiger partial charge is 0.187 e. The standard InChI is InChI=1S/C19H21N3OS/c1-10-6-11(2)8-15(7-10)21-19-22-16(9-24-19)18-12(3)17(14(5)23)13(4)20-18/h6-9,20H,1-5H3,(H,21,22). The first kappa shape index (κ1) is 16.5. The van der Waals surface area contributed by atoms with E-state index in [4.69, 9.17) is 0 Å². The maximum absolute atomic E-state index is 11.8. The van der Waals surface area contributed by atoms with Crippen molar-refractivity contribution in [2.24, 2.45) is 0 Å². The highest BCUT2D eigenvalue weighted by Gasteiger charge is 2.18. The molecule has 5 heteroatoms. The van der Waals surface area contributed by atoms with Crippen molar-refractivity contribution in [3.8, 4) is 11.4 Å². The molecule has 0 aliphatic rings. The second-order valence-corrected chi connectivity index (χ2v) is 7.08. The predicted molar refractivity (Wildman–Crippen MR) is 101 cm³/mol. The number of benzene rings is 1. The second-order valence-electron chi connectivity index (χ2n) is 6.22. The number of aryl methyl sites for hydroxylation is 3. The Bertz CT molecular complexity index is 901. The van der Waals surface area contributed by atoms with Gasteiger partial charge in [0.05, 0.1) is 5.69 Å². The molecule has 3 aromatic rings. The van der Waals surface area contributed by atoms with E-state index in [0.29, 0.717) is 0 Å². The van der Waals surface area contributed by atoms with Crippen LogP contribution in [0.2, 0.25) is 0 Å². The number of anilines is 2. The van der Waals surface area contributed by atoms with Crippen LogP contribution in [0, 0.1) is 27.7 Å². The highest BCUT2D eigenvalue weighted by atomic mass is 32.1. The molecule has 0 aliphatic carbocycles. The maximum Gasteiger partial charge on any atom is 0.187 e. The van der Waals surface area contributed by atoms with Crippen LogP contribution in [-0.4, -0.2) is 15.8 Å². The summed E-state index contributed by atoms with van der Waals surface area (Å²) in [5.74, 6) is 0.0799. The van der Waals surface area contributed by atoms with Gasteiger partial charge in [-0.15, -0.1) is 11.3 Å². The van der Waals surface area contributed by atoms with E-state index >= 15 is 0 Å². The van der Waals surface area contributed by atoms with Gasteiger partial charge in [0.2, 0.25) is 0 Å². The van der Waals surface area contributed by atoms with Crippen LogP contribution in [0.3, 0.4) is 0 Å². The fourth-order valence-electron chi connectivity index (χ4n) is 3.15. The topological polar surface area (TPSA) is 57.8 Å². The van der Waals surface area contributed by atoms with E-state index in [-0.39, 0.29) is 5.78 Å². The first-order valence-corrected chi connectivity index (χ1v) is 8.74. The van der Waals surface area contributed by atoms with Gasteiger partial charge >= 0.3 is 0 Å². The van der Waals surface area contributed by atoms with E-state index in [1.807, 2.05) is 19.2 Å². The summed E-state index contributed by atoms with van der Waals surface area (Å²) in [6.07, 6.45) is 0. The number of H-pyrrole nitrogens is 1. The van der Waals surface area contributed by atoms with Crippen molar-refractivity contribution in [3.63, 3.8) is 0 Å². The Morgan fingerprint density at radius 3 is 2.38 bits per heavy atom. The molecule has 0 fully saturated rings. The molecular formula is C19H21N3OS. The summed E-state index contributed by atoms with van der Waals surface area (Å²) in [7, 11) is 0. The Kier molecular flexibility index (Phi) is 4.28. The quantitative estimate of drug-likeness (QED) is 0.633. The molecule has 124 valence electrons. The van der Waals surface area contributed by atoms with Gasteiger partial charge in [0.1, 0.15) is 5.69 Å². The van der Waals surface area contributed by atoms with Crippen LogP contribution < -0.4 is 5.32 Å². The van der Waals surface area contributed by atoms with E-state index in [0.717, 1.165) is 39.0 Å². The molecular weight excluding hydrogens is 318 g/mol. The Morgan fingerprint density at radius 1 is 1.12 bits per heavy atom. The van der Waals surface area contributed by atoms with Crippen LogP contribution >= 0.6 is 11.3 Å². The zero-order valence-corrected chi connectivity index (χ0v) is 15.4. The lowest BCUT2D eigenvalue weighted by Gasteiger charge is -2.05. The Morgan fingerprint density at radius 2 is 1.79 bits per heavy atom. The predicted octanol–water partition coefficient (Wildman–Crippen LogP) is 5.32. The molecule has 0 unspecified atom stereocenters. The van der Waals surface area contributed by atoms with Crippen molar-refractivity contribution in [2.45, 2.75) is 34.6 Å². The van der Waals surface area contributed by atoms with Gasteiger partial charge in [-0.2, -0.15) is 0 Å². The normalized spacial score (nSPS) is 10.9. The van der Waals surface area contributed by atoms with E-state index < -0.39 is 0 Å². The van der Waals surface area contributed by atoms with Crippen LogP contribution in [-0.2, 0) is 0 Å². The largest absolute Gasteiger partial charge is 0.356 e. The number of aromatic amines is 1. The van der Waals surface area contributed by atoms with Crippen molar-refractivity contribution in [2.75, 3.05) is 5.32 Å². The number of hydrogen-bond acceptors (Lipinski definition) is 4. The second kappa shape index (κ2) is 6.24. The van der Waals surface area contributed by atoms with Gasteiger partial charge in [0.25, 0.3) is 0 Å². The summed E-state index contributed by atoms with van der Waals surface area (Å²) in [6.45, 7) is 9.65. The molecule has 4 nitrogen and oxygen atoms in total. The minimum Gasteiger partial charge on any atom is -0.356 e. The van der Waals surface area contributed by atoms with Crippen molar-refractivity contribution in [1.29, 1.82) is 0 Å². The van der Waals surface area contributed by atoms with E-state index in [1.54, 1.807) is 18.3 Å². The highest BCUT2D eigenvalue weighted by Crippen LogP contribution is 2.31. The van der Waals surface area contributed by atoms with Gasteiger partial charge in [0.15, 0.2) is 10.9 Å². The van der Waals surface area contributed by atoms with Crippen LogP contribution in [0.25, 0.3) is 11.4 Å². The number of thiazole rings is 1. The van der Waals surface area contributed by atoms with Crippen LogP contribution in [0.15, 0.2) is 23.6 Å². The first-order chi connectivity index (χ1) is 11.3. The summed E-state index contributed by atoms with van der Waals surface area (Å²) >= 11 is 1.56. The summed E-state index contributed by atoms with van der Waals surface area (Å²) in [6, 6.07) is 6.35. The average Bonchev–Trinajstić information content (AvgIpc) is 3.02. The number of hydrogen-bond donors (Lipinski definition) is 2. The average molecular weight is 339 g/mol.